The number of rotatable bonds is 7. The van der Waals surface area contributed by atoms with Gasteiger partial charge in [0.2, 0.25) is 0 Å². The number of para-hydroxylation sites is 1. The number of nitrogens with one attached hydrogen (secondary N) is 2. The molecule has 2 N–H and O–H groups in total. The van der Waals surface area contributed by atoms with E-state index >= 15 is 0 Å². The van der Waals surface area contributed by atoms with Crippen LogP contribution in [0.3, 0.4) is 0 Å². The maximum Gasteiger partial charge on any atom is 0.257 e. The number of aryl methyl sites for hydroxylation is 2. The highest BCUT2D eigenvalue weighted by molar-refractivity contribution is 7.80. The van der Waals surface area contributed by atoms with Crippen molar-refractivity contribution in [2.45, 2.75) is 40.5 Å². The molecule has 0 aliphatic rings. The van der Waals surface area contributed by atoms with E-state index in [1.165, 1.54) is 0 Å². The van der Waals surface area contributed by atoms with E-state index in [1.807, 2.05) is 31.2 Å². The molecule has 0 atom stereocenters. The second-order valence-electron chi connectivity index (χ2n) is 6.93. The average Bonchev–Trinajstić information content (AvgIpc) is 2.63. The average molecular weight is 385 g/mol. The number of thiocarbonyl (C=S) groups is 1. The van der Waals surface area contributed by atoms with E-state index in [9.17, 15) is 4.79 Å². The number of amides is 1. The van der Waals surface area contributed by atoms with Crippen LogP contribution in [0.15, 0.2) is 42.5 Å². The van der Waals surface area contributed by atoms with Crippen molar-refractivity contribution in [2.75, 3.05) is 11.9 Å². The van der Waals surface area contributed by atoms with Crippen molar-refractivity contribution in [2.24, 2.45) is 5.92 Å². The molecule has 0 saturated carbocycles. The van der Waals surface area contributed by atoms with Gasteiger partial charge in [-0.05, 0) is 67.2 Å². The molecule has 27 heavy (non-hydrogen) atoms. The molecule has 0 unspecified atom stereocenters. The molecule has 0 aliphatic carbocycles. The summed E-state index contributed by atoms with van der Waals surface area (Å²) >= 11 is 5.34. The Morgan fingerprint density at radius 1 is 1.19 bits per heavy atom. The number of anilines is 1. The zero-order valence-electron chi connectivity index (χ0n) is 16.5. The summed E-state index contributed by atoms with van der Waals surface area (Å²) in [6.07, 6.45) is 1.86. The normalized spacial score (nSPS) is 10.6. The monoisotopic (exact) mass is 384 g/mol. The van der Waals surface area contributed by atoms with Gasteiger partial charge in [-0.2, -0.15) is 0 Å². The minimum absolute atomic E-state index is 0.256. The second kappa shape index (κ2) is 10.1. The first-order valence-electron chi connectivity index (χ1n) is 9.34. The van der Waals surface area contributed by atoms with E-state index in [0.29, 0.717) is 23.8 Å². The molecule has 144 valence electrons. The number of carbonyl (C=O) groups excluding carboxylic acids is 1. The molecule has 4 nitrogen and oxygen atoms in total. The molecule has 0 heterocycles. The molecule has 0 bridgehead atoms. The Balaban J connectivity index is 2.00. The first-order chi connectivity index (χ1) is 12.9. The lowest BCUT2D eigenvalue weighted by Gasteiger charge is -2.15. The molecule has 2 rings (SSSR count). The van der Waals surface area contributed by atoms with Gasteiger partial charge < -0.3 is 10.1 Å². The van der Waals surface area contributed by atoms with Crippen molar-refractivity contribution in [3.63, 3.8) is 0 Å². The summed E-state index contributed by atoms with van der Waals surface area (Å²) in [4.78, 5) is 12.5. The summed E-state index contributed by atoms with van der Waals surface area (Å²) in [5, 5.41) is 6.20. The highest BCUT2D eigenvalue weighted by Crippen LogP contribution is 2.21. The van der Waals surface area contributed by atoms with Gasteiger partial charge in [0.05, 0.1) is 6.61 Å². The minimum atomic E-state index is -0.256. The number of benzene rings is 2. The van der Waals surface area contributed by atoms with Gasteiger partial charge in [0.25, 0.3) is 5.91 Å². The molecular weight excluding hydrogens is 356 g/mol. The molecule has 0 saturated heterocycles. The largest absolute Gasteiger partial charge is 0.494 e. The second-order valence-corrected chi connectivity index (χ2v) is 7.34. The summed E-state index contributed by atoms with van der Waals surface area (Å²) in [5.41, 5.74) is 3.72. The van der Waals surface area contributed by atoms with Crippen molar-refractivity contribution in [1.82, 2.24) is 5.32 Å². The van der Waals surface area contributed by atoms with E-state index in [4.69, 9.17) is 17.0 Å². The summed E-state index contributed by atoms with van der Waals surface area (Å²) in [6, 6.07) is 13.2. The first kappa shape index (κ1) is 20.9. The Kier molecular flexibility index (Phi) is 7.80. The SMILES string of the molecule is CCc1cccc(C)c1NC(=S)NC(=O)c1cccc(OCCC(C)C)c1. The van der Waals surface area contributed by atoms with Crippen LogP contribution in [-0.4, -0.2) is 17.6 Å². The van der Waals surface area contributed by atoms with Crippen LogP contribution in [0.2, 0.25) is 0 Å². The fourth-order valence-electron chi connectivity index (χ4n) is 2.66. The van der Waals surface area contributed by atoms with Gasteiger partial charge >= 0.3 is 0 Å². The Morgan fingerprint density at radius 2 is 1.93 bits per heavy atom. The van der Waals surface area contributed by atoms with Crippen molar-refractivity contribution >= 4 is 28.9 Å². The van der Waals surface area contributed by atoms with Crippen LogP contribution in [0.5, 0.6) is 5.75 Å². The number of hydrogen-bond donors (Lipinski definition) is 2. The van der Waals surface area contributed by atoms with E-state index in [-0.39, 0.29) is 11.0 Å². The first-order valence-corrected chi connectivity index (χ1v) is 9.75. The molecule has 0 radical (unpaired) electrons. The maximum atomic E-state index is 12.5. The predicted octanol–water partition coefficient (Wildman–Crippen LogP) is 5.11. The Bertz CT molecular complexity index is 803. The molecule has 5 heteroatoms. The van der Waals surface area contributed by atoms with Crippen molar-refractivity contribution in [3.05, 3.63) is 59.2 Å². The van der Waals surface area contributed by atoms with Crippen LogP contribution in [0.25, 0.3) is 0 Å². The minimum Gasteiger partial charge on any atom is -0.494 e. The number of carbonyl (C=O) groups is 1. The fourth-order valence-corrected chi connectivity index (χ4v) is 2.86. The third-order valence-electron chi connectivity index (χ3n) is 4.27. The van der Waals surface area contributed by atoms with Gasteiger partial charge in [0, 0.05) is 11.3 Å². The maximum absolute atomic E-state index is 12.5. The highest BCUT2D eigenvalue weighted by atomic mass is 32.1. The van der Waals surface area contributed by atoms with Crippen LogP contribution >= 0.6 is 12.2 Å². The lowest BCUT2D eigenvalue weighted by atomic mass is 10.1. The molecule has 1 amide bonds. The van der Waals surface area contributed by atoms with Crippen LogP contribution in [0.1, 0.15) is 48.7 Å². The molecule has 0 fully saturated rings. The van der Waals surface area contributed by atoms with Crippen molar-refractivity contribution in [3.8, 4) is 5.75 Å². The Hall–Kier alpha value is -2.40. The van der Waals surface area contributed by atoms with Gasteiger partial charge in [-0.25, -0.2) is 0 Å². The van der Waals surface area contributed by atoms with Crippen LogP contribution < -0.4 is 15.4 Å². The van der Waals surface area contributed by atoms with Crippen molar-refractivity contribution < 1.29 is 9.53 Å². The van der Waals surface area contributed by atoms with E-state index in [2.05, 4.69) is 37.5 Å². The molecule has 0 aromatic heterocycles. The molecule has 0 aliphatic heterocycles. The third-order valence-corrected chi connectivity index (χ3v) is 4.47. The molecular formula is C22H28N2O2S. The highest BCUT2D eigenvalue weighted by Gasteiger charge is 2.11. The topological polar surface area (TPSA) is 50.4 Å². The fraction of sp³-hybridized carbons (Fsp3) is 0.364. The lowest BCUT2D eigenvalue weighted by molar-refractivity contribution is 0.0977. The number of hydrogen-bond acceptors (Lipinski definition) is 3. The Labute approximate surface area is 167 Å². The Morgan fingerprint density at radius 3 is 2.63 bits per heavy atom. The standard InChI is InChI=1S/C22H28N2O2S/c1-5-17-9-6-8-16(4)20(17)23-22(27)24-21(25)18-10-7-11-19(14-18)26-13-12-15(2)3/h6-11,14-15H,5,12-13H2,1-4H3,(H2,23,24,25,27). The van der Waals surface area contributed by atoms with E-state index in [0.717, 1.165) is 29.7 Å². The van der Waals surface area contributed by atoms with Gasteiger partial charge in [-0.3, -0.25) is 10.1 Å². The summed E-state index contributed by atoms with van der Waals surface area (Å²) in [5.74, 6) is 1.01. The van der Waals surface area contributed by atoms with Gasteiger partial charge in [-0.15, -0.1) is 0 Å². The van der Waals surface area contributed by atoms with Crippen LogP contribution in [0.4, 0.5) is 5.69 Å². The molecule has 0 spiro atoms. The summed E-state index contributed by atoms with van der Waals surface area (Å²) in [6.45, 7) is 9.05. The smallest absolute Gasteiger partial charge is 0.257 e. The molecule has 2 aromatic carbocycles. The number of ether oxygens (including phenoxy) is 1. The zero-order chi connectivity index (χ0) is 19.8. The van der Waals surface area contributed by atoms with Crippen LogP contribution in [0, 0.1) is 12.8 Å². The van der Waals surface area contributed by atoms with Crippen molar-refractivity contribution in [1.29, 1.82) is 0 Å². The predicted molar refractivity (Wildman–Crippen MR) is 116 cm³/mol. The summed E-state index contributed by atoms with van der Waals surface area (Å²) < 4.78 is 5.73. The van der Waals surface area contributed by atoms with E-state index < -0.39 is 0 Å². The van der Waals surface area contributed by atoms with E-state index in [1.54, 1.807) is 12.1 Å². The quantitative estimate of drug-likeness (QED) is 0.652. The van der Waals surface area contributed by atoms with Crippen LogP contribution in [-0.2, 0) is 6.42 Å². The molecule has 2 aromatic rings. The summed E-state index contributed by atoms with van der Waals surface area (Å²) in [7, 11) is 0. The van der Waals surface area contributed by atoms with Gasteiger partial charge in [-0.1, -0.05) is 45.0 Å². The lowest BCUT2D eigenvalue weighted by Crippen LogP contribution is -2.34. The van der Waals surface area contributed by atoms with Gasteiger partial charge in [0.15, 0.2) is 5.11 Å². The zero-order valence-corrected chi connectivity index (χ0v) is 17.3. The third kappa shape index (κ3) is 6.36. The van der Waals surface area contributed by atoms with Gasteiger partial charge in [0.1, 0.15) is 5.75 Å².